The van der Waals surface area contributed by atoms with Crippen LogP contribution in [-0.2, 0) is 90.8 Å². The molecule has 0 rings (SSSR count). The summed E-state index contributed by atoms with van der Waals surface area (Å²) in [7, 11) is 0. The molecule has 0 aromatic rings. The molecule has 0 aromatic heterocycles. The van der Waals surface area contributed by atoms with Crippen LogP contribution in [0.15, 0.2) is 0 Å². The molecule has 0 saturated heterocycles. The number of rotatable bonds is 48. The van der Waals surface area contributed by atoms with Gasteiger partial charge in [0.15, 0.2) is 0 Å². The van der Waals surface area contributed by atoms with Crippen LogP contribution in [0.25, 0.3) is 0 Å². The first-order chi connectivity index (χ1) is 38.2. The number of carboxylic acids is 8. The quantitative estimate of drug-likeness (QED) is 0.0514. The van der Waals surface area contributed by atoms with E-state index in [4.69, 9.17) is 0 Å². The molecule has 0 unspecified atom stereocenters. The fraction of sp³-hybridized carbons (Fsp3) is 0.875. The zero-order valence-corrected chi connectivity index (χ0v) is 58.4. The molecule has 0 aliphatic heterocycles. The van der Waals surface area contributed by atoms with Crippen molar-refractivity contribution < 1.29 is 132 Å². The summed E-state index contributed by atoms with van der Waals surface area (Å²) < 4.78 is 0. The number of carbonyl (C=O) groups is 8. The first-order valence-corrected chi connectivity index (χ1v) is 31.8. The second-order valence-electron chi connectivity index (χ2n) is 20.3. The third kappa shape index (κ3) is 158. The number of carboxylic acid groups (broad SMARTS) is 8. The summed E-state index contributed by atoms with van der Waals surface area (Å²) in [6, 6.07) is 0. The first-order valence-electron chi connectivity index (χ1n) is 31.8. The Morgan fingerprint density at radius 2 is 0.232 bits per heavy atom. The summed E-state index contributed by atoms with van der Waals surface area (Å²) in [5.74, 6) is -7.36. The molecule has 18 heteroatoms. The van der Waals surface area contributed by atoms with Crippen LogP contribution in [0, 0.1) is 0 Å². The van der Waals surface area contributed by atoms with Gasteiger partial charge < -0.3 is 79.2 Å². The van der Waals surface area contributed by atoms with Crippen molar-refractivity contribution in [3.8, 4) is 0 Å². The van der Waals surface area contributed by atoms with E-state index in [1.54, 1.807) is 0 Å². The molecule has 0 bridgehead atoms. The number of aliphatic carboxylic acids is 8. The number of hydrogen-bond acceptors (Lipinski definition) is 16. The van der Waals surface area contributed by atoms with Gasteiger partial charge in [-0.25, -0.2) is 0 Å². The Balaban J connectivity index is -0.0000000900. The van der Waals surface area contributed by atoms with E-state index in [1.807, 2.05) is 0 Å². The Bertz CT molecular complexity index is 1020. The predicted octanol–water partition coefficient (Wildman–Crippen LogP) is 8.77. The fourth-order valence-electron chi connectivity index (χ4n) is 6.98. The topological polar surface area (TPSA) is 321 Å². The number of carbonyl (C=O) groups excluding carboxylic acids is 8. The molecule has 0 fully saturated rings. The molecule has 0 saturated carbocycles. The molecule has 0 heterocycles. The van der Waals surface area contributed by atoms with E-state index in [0.29, 0.717) is 0 Å². The van der Waals surface area contributed by atoms with E-state index in [-0.39, 0.29) is 104 Å². The second kappa shape index (κ2) is 97.6. The minimum absolute atomic E-state index is 0. The smallest absolute Gasteiger partial charge is 0.550 e. The summed E-state index contributed by atoms with van der Waals surface area (Å²) in [5, 5.41) is 79.4. The molecular weight excluding hydrogens is 1210 g/mol. The van der Waals surface area contributed by atoms with Gasteiger partial charge in [-0.15, -0.1) is 0 Å². The number of hydrogen-bond donors (Lipinski definition) is 0. The van der Waals surface area contributed by atoms with Gasteiger partial charge in [0.05, 0.1) is 0 Å². The van der Waals surface area contributed by atoms with Gasteiger partial charge in [-0.05, 0) is 103 Å². The molecule has 0 radical (unpaired) electrons. The van der Waals surface area contributed by atoms with Gasteiger partial charge in [0, 0.05) is 47.8 Å². The monoisotopic (exact) mass is 1320 g/mol. The maximum absolute atomic E-state index is 9.92. The number of unbranched alkanes of at least 4 members (excludes halogenated alkanes) is 32. The van der Waals surface area contributed by atoms with E-state index >= 15 is 0 Å². The molecule has 0 amide bonds. The Labute approximate surface area is 539 Å². The summed E-state index contributed by atoms with van der Waals surface area (Å²) in [4.78, 5) is 79.4. The molecule has 480 valence electrons. The SMILES string of the molecule is CCCCCCCC(=O)[O-].CCCCCCCC(=O)[O-].CCCCCCCC(=O)[O-].CCCCCCCC(=O)[O-].CCCCCCCC(=O)[O-].CCCCCCCC(=O)[O-].CCCCCCCC(=O)[O-].CCCCCCCC(=O)[O-].[Zr+4].[Zr+4]. The van der Waals surface area contributed by atoms with Crippen molar-refractivity contribution in [3.05, 3.63) is 0 Å². The molecule has 82 heavy (non-hydrogen) atoms. The largest absolute Gasteiger partial charge is 4.00 e. The summed E-state index contributed by atoms with van der Waals surface area (Å²) >= 11 is 0. The molecule has 0 atom stereocenters. The third-order valence-electron chi connectivity index (χ3n) is 11.9. The van der Waals surface area contributed by atoms with Crippen molar-refractivity contribution in [2.75, 3.05) is 0 Å². The Morgan fingerprint density at radius 1 is 0.159 bits per heavy atom. The van der Waals surface area contributed by atoms with Crippen molar-refractivity contribution in [1.82, 2.24) is 0 Å². The molecule has 0 spiro atoms. The Morgan fingerprint density at radius 3 is 0.293 bits per heavy atom. The molecular formula is C64H120O16Zr2. The standard InChI is InChI=1S/8C8H16O2.2Zr/c8*1-2-3-4-5-6-7-8(9)10;;/h8*2-7H2,1H3,(H,9,10);;/q;;;;;;;;2*+4/p-8. The van der Waals surface area contributed by atoms with Crippen molar-refractivity contribution in [1.29, 1.82) is 0 Å². The summed E-state index contributed by atoms with van der Waals surface area (Å²) in [5.41, 5.74) is 0. The molecule has 0 N–H and O–H groups in total. The Kier molecular flexibility index (Phi) is 121. The maximum atomic E-state index is 9.92. The molecule has 0 aliphatic carbocycles. The van der Waals surface area contributed by atoms with Crippen molar-refractivity contribution in [3.63, 3.8) is 0 Å². The van der Waals surface area contributed by atoms with Crippen LogP contribution >= 0.6 is 0 Å². The van der Waals surface area contributed by atoms with E-state index in [9.17, 15) is 79.2 Å². The predicted molar refractivity (Wildman–Crippen MR) is 307 cm³/mol. The van der Waals surface area contributed by atoms with Crippen LogP contribution in [0.4, 0.5) is 0 Å². The first kappa shape index (κ1) is 101. The van der Waals surface area contributed by atoms with Gasteiger partial charge in [-0.2, -0.15) is 0 Å². The van der Waals surface area contributed by atoms with Crippen LogP contribution < -0.4 is 40.9 Å². The zero-order valence-electron chi connectivity index (χ0n) is 53.5. The van der Waals surface area contributed by atoms with Crippen molar-refractivity contribution in [2.24, 2.45) is 0 Å². The minimum atomic E-state index is -0.920. The van der Waals surface area contributed by atoms with E-state index < -0.39 is 47.8 Å². The van der Waals surface area contributed by atoms with E-state index in [2.05, 4.69) is 55.4 Å². The van der Waals surface area contributed by atoms with Gasteiger partial charge in [0.25, 0.3) is 0 Å². The normalized spacial score (nSPS) is 9.46. The average Bonchev–Trinajstić information content (AvgIpc) is 3.39. The molecule has 0 aromatic carbocycles. The fourth-order valence-corrected chi connectivity index (χ4v) is 6.98. The Hall–Kier alpha value is -2.47. The maximum Gasteiger partial charge on any atom is 4.00 e. The van der Waals surface area contributed by atoms with Gasteiger partial charge in [-0.3, -0.25) is 0 Å². The van der Waals surface area contributed by atoms with E-state index in [1.165, 1.54) is 103 Å². The summed E-state index contributed by atoms with van der Waals surface area (Å²) in [6.07, 6.45) is 44.9. The third-order valence-corrected chi connectivity index (χ3v) is 11.9. The van der Waals surface area contributed by atoms with Crippen LogP contribution in [0.5, 0.6) is 0 Å². The van der Waals surface area contributed by atoms with Crippen LogP contribution in [0.3, 0.4) is 0 Å². The zero-order chi connectivity index (χ0) is 62.6. The molecule has 16 nitrogen and oxygen atoms in total. The second-order valence-corrected chi connectivity index (χ2v) is 20.3. The summed E-state index contributed by atoms with van der Waals surface area (Å²) in [6.45, 7) is 17.1. The van der Waals surface area contributed by atoms with Gasteiger partial charge >= 0.3 is 52.4 Å². The van der Waals surface area contributed by atoms with Crippen molar-refractivity contribution in [2.45, 2.75) is 364 Å². The van der Waals surface area contributed by atoms with Crippen LogP contribution in [0.1, 0.15) is 364 Å². The molecule has 0 aliphatic rings. The van der Waals surface area contributed by atoms with E-state index in [0.717, 1.165) is 154 Å². The van der Waals surface area contributed by atoms with Crippen molar-refractivity contribution >= 4 is 47.8 Å². The van der Waals surface area contributed by atoms with Gasteiger partial charge in [-0.1, -0.05) is 261 Å². The van der Waals surface area contributed by atoms with Gasteiger partial charge in [0.1, 0.15) is 0 Å². The van der Waals surface area contributed by atoms with Crippen LogP contribution in [0.2, 0.25) is 0 Å². The minimum Gasteiger partial charge on any atom is -0.550 e. The van der Waals surface area contributed by atoms with Gasteiger partial charge in [0.2, 0.25) is 0 Å². The van der Waals surface area contributed by atoms with Crippen LogP contribution in [-0.4, -0.2) is 47.8 Å². The average molecular weight is 1330 g/mol.